The van der Waals surface area contributed by atoms with Crippen molar-refractivity contribution < 1.29 is 19.1 Å². The molecular formula is C15H19N3O5. The van der Waals surface area contributed by atoms with E-state index in [0.29, 0.717) is 5.69 Å². The first kappa shape index (κ1) is 16.7. The zero-order valence-electron chi connectivity index (χ0n) is 13.7. The van der Waals surface area contributed by atoms with Crippen LogP contribution >= 0.6 is 0 Å². The molecule has 23 heavy (non-hydrogen) atoms. The Labute approximate surface area is 132 Å². The van der Waals surface area contributed by atoms with Gasteiger partial charge in [-0.15, -0.1) is 0 Å². The lowest BCUT2D eigenvalue weighted by Gasteiger charge is -2.20. The third-order valence-corrected chi connectivity index (χ3v) is 2.88. The molecule has 0 fully saturated rings. The van der Waals surface area contributed by atoms with Gasteiger partial charge < -0.3 is 9.47 Å². The summed E-state index contributed by atoms with van der Waals surface area (Å²) in [6, 6.07) is 1.29. The lowest BCUT2D eigenvalue weighted by atomic mass is 10.2. The fourth-order valence-electron chi connectivity index (χ4n) is 2.00. The average molecular weight is 321 g/mol. The zero-order valence-corrected chi connectivity index (χ0v) is 13.7. The van der Waals surface area contributed by atoms with Crippen molar-refractivity contribution in [2.75, 3.05) is 6.61 Å². The molecule has 0 bridgehead atoms. The van der Waals surface area contributed by atoms with Crippen LogP contribution in [0.5, 0.6) is 0 Å². The molecule has 2 aromatic rings. The van der Waals surface area contributed by atoms with Crippen molar-refractivity contribution >= 4 is 17.6 Å². The normalized spacial score (nSPS) is 11.5. The molecule has 0 amide bonds. The molecule has 8 nitrogen and oxygen atoms in total. The summed E-state index contributed by atoms with van der Waals surface area (Å²) >= 11 is 0. The Balaban J connectivity index is 2.54. The number of carbonyl (C=O) groups excluding carboxylic acids is 2. The summed E-state index contributed by atoms with van der Waals surface area (Å²) in [7, 11) is 0. The smallest absolute Gasteiger partial charge is 0.421 e. The molecular weight excluding hydrogens is 302 g/mol. The molecule has 0 atom stereocenters. The predicted molar refractivity (Wildman–Crippen MR) is 81.8 cm³/mol. The van der Waals surface area contributed by atoms with E-state index in [1.807, 2.05) is 0 Å². The summed E-state index contributed by atoms with van der Waals surface area (Å²) in [6.45, 7) is 8.59. The number of hydrogen-bond acceptors (Lipinski definition) is 6. The average Bonchev–Trinajstić information content (AvgIpc) is 2.81. The third kappa shape index (κ3) is 3.41. The highest BCUT2D eigenvalue weighted by Crippen LogP contribution is 2.11. The van der Waals surface area contributed by atoms with Gasteiger partial charge in [-0.1, -0.05) is 0 Å². The quantitative estimate of drug-likeness (QED) is 0.783. The Morgan fingerprint density at radius 1 is 1.30 bits per heavy atom. The first-order valence-corrected chi connectivity index (χ1v) is 7.16. The number of aromatic nitrogens is 3. The maximum Gasteiger partial charge on any atom is 0.421 e. The number of carbonyl (C=O) groups is 2. The first-order valence-electron chi connectivity index (χ1n) is 7.16. The third-order valence-electron chi connectivity index (χ3n) is 2.88. The number of hydrogen-bond donors (Lipinski definition) is 0. The van der Waals surface area contributed by atoms with Gasteiger partial charge >= 0.3 is 12.1 Å². The van der Waals surface area contributed by atoms with Crippen LogP contribution in [0.1, 0.15) is 43.9 Å². The molecule has 2 aromatic heterocycles. The van der Waals surface area contributed by atoms with E-state index < -0.39 is 23.2 Å². The van der Waals surface area contributed by atoms with Crippen molar-refractivity contribution in [3.8, 4) is 0 Å². The standard InChI is InChI=1S/C15H19N3O5/c1-6-22-13(20)10-7-11-12(19)18(9(2)8-17(11)16-10)14(21)23-15(3,4)5/h7-8H,6H2,1-5H3. The number of nitrogens with zero attached hydrogens (tertiary/aromatic N) is 3. The van der Waals surface area contributed by atoms with E-state index in [4.69, 9.17) is 9.47 Å². The fourth-order valence-corrected chi connectivity index (χ4v) is 2.00. The minimum absolute atomic E-state index is 0.00490. The van der Waals surface area contributed by atoms with Gasteiger partial charge in [0.2, 0.25) is 0 Å². The summed E-state index contributed by atoms with van der Waals surface area (Å²) in [5, 5.41) is 4.00. The van der Waals surface area contributed by atoms with E-state index in [-0.39, 0.29) is 17.8 Å². The van der Waals surface area contributed by atoms with Crippen LogP contribution in [-0.2, 0) is 9.47 Å². The van der Waals surface area contributed by atoms with Gasteiger partial charge in [0.15, 0.2) is 5.69 Å². The summed E-state index contributed by atoms with van der Waals surface area (Å²) in [5.41, 5.74) is -0.904. The van der Waals surface area contributed by atoms with Gasteiger partial charge in [0.05, 0.1) is 6.61 Å². The van der Waals surface area contributed by atoms with E-state index in [1.165, 1.54) is 16.8 Å². The molecule has 2 heterocycles. The molecule has 8 heteroatoms. The number of ether oxygens (including phenoxy) is 2. The van der Waals surface area contributed by atoms with E-state index in [9.17, 15) is 14.4 Å². The summed E-state index contributed by atoms with van der Waals surface area (Å²) in [5.74, 6) is -0.628. The SMILES string of the molecule is CCOC(=O)c1cc2c(=O)n(C(=O)OC(C)(C)C)c(C)cn2n1. The molecule has 0 saturated heterocycles. The summed E-state index contributed by atoms with van der Waals surface area (Å²) in [4.78, 5) is 36.4. The highest BCUT2D eigenvalue weighted by Gasteiger charge is 2.23. The molecule has 124 valence electrons. The second-order valence-corrected chi connectivity index (χ2v) is 5.97. The van der Waals surface area contributed by atoms with Gasteiger partial charge in [-0.3, -0.25) is 4.79 Å². The molecule has 0 aliphatic rings. The summed E-state index contributed by atoms with van der Waals surface area (Å²) < 4.78 is 12.3. The first-order chi connectivity index (χ1) is 10.6. The van der Waals surface area contributed by atoms with Crippen molar-refractivity contribution in [2.24, 2.45) is 0 Å². The van der Waals surface area contributed by atoms with E-state index in [0.717, 1.165) is 4.57 Å². The molecule has 0 saturated carbocycles. The molecule has 0 spiro atoms. The molecule has 0 unspecified atom stereocenters. The Morgan fingerprint density at radius 2 is 1.96 bits per heavy atom. The van der Waals surface area contributed by atoms with Crippen molar-refractivity contribution in [1.29, 1.82) is 0 Å². The highest BCUT2D eigenvalue weighted by atomic mass is 16.6. The lowest BCUT2D eigenvalue weighted by molar-refractivity contribution is 0.0511. The van der Waals surface area contributed by atoms with Gasteiger partial charge in [-0.25, -0.2) is 18.7 Å². The van der Waals surface area contributed by atoms with Crippen molar-refractivity contribution in [2.45, 2.75) is 40.2 Å². The van der Waals surface area contributed by atoms with Gasteiger partial charge in [-0.05, 0) is 34.6 Å². The largest absolute Gasteiger partial charge is 0.461 e. The van der Waals surface area contributed by atoms with Crippen LogP contribution in [0.25, 0.3) is 5.52 Å². The monoisotopic (exact) mass is 321 g/mol. The van der Waals surface area contributed by atoms with Gasteiger partial charge in [0.1, 0.15) is 11.1 Å². The number of esters is 1. The Bertz CT molecular complexity index is 826. The van der Waals surface area contributed by atoms with Crippen molar-refractivity contribution in [3.63, 3.8) is 0 Å². The minimum Gasteiger partial charge on any atom is -0.461 e. The number of aryl methyl sites for hydroxylation is 1. The van der Waals surface area contributed by atoms with Crippen LogP contribution in [0.4, 0.5) is 4.79 Å². The second-order valence-electron chi connectivity index (χ2n) is 5.97. The number of fused-ring (bicyclic) bond motifs is 1. The molecule has 0 aliphatic carbocycles. The fraction of sp³-hybridized carbons (Fsp3) is 0.467. The van der Waals surface area contributed by atoms with Gasteiger partial charge in [-0.2, -0.15) is 5.10 Å². The Morgan fingerprint density at radius 3 is 2.52 bits per heavy atom. The van der Waals surface area contributed by atoms with E-state index in [2.05, 4.69) is 5.10 Å². The lowest BCUT2D eigenvalue weighted by Crippen LogP contribution is -2.35. The van der Waals surface area contributed by atoms with Crippen molar-refractivity contribution in [3.05, 3.63) is 34.0 Å². The Hall–Kier alpha value is -2.64. The van der Waals surface area contributed by atoms with Crippen LogP contribution in [0, 0.1) is 6.92 Å². The minimum atomic E-state index is -0.776. The second kappa shape index (κ2) is 5.86. The maximum absolute atomic E-state index is 12.5. The molecule has 0 aromatic carbocycles. The highest BCUT2D eigenvalue weighted by molar-refractivity contribution is 5.88. The number of rotatable bonds is 2. The topological polar surface area (TPSA) is 91.9 Å². The van der Waals surface area contributed by atoms with Crippen LogP contribution in [0.2, 0.25) is 0 Å². The molecule has 2 rings (SSSR count). The van der Waals surface area contributed by atoms with Crippen LogP contribution < -0.4 is 5.56 Å². The molecule has 0 radical (unpaired) electrons. The summed E-state index contributed by atoms with van der Waals surface area (Å²) in [6.07, 6.45) is 0.699. The maximum atomic E-state index is 12.5. The zero-order chi connectivity index (χ0) is 17.4. The molecule has 0 N–H and O–H groups in total. The van der Waals surface area contributed by atoms with Crippen LogP contribution in [0.15, 0.2) is 17.1 Å². The van der Waals surface area contributed by atoms with Crippen molar-refractivity contribution in [1.82, 2.24) is 14.2 Å². The molecule has 0 aliphatic heterocycles. The van der Waals surface area contributed by atoms with E-state index >= 15 is 0 Å². The van der Waals surface area contributed by atoms with Crippen LogP contribution in [0.3, 0.4) is 0 Å². The van der Waals surface area contributed by atoms with E-state index in [1.54, 1.807) is 34.6 Å². The van der Waals surface area contributed by atoms with Gasteiger partial charge in [0.25, 0.3) is 5.56 Å². The predicted octanol–water partition coefficient (Wildman–Crippen LogP) is 1.76. The van der Waals surface area contributed by atoms with Crippen LogP contribution in [-0.4, -0.2) is 38.5 Å². The Kier molecular flexibility index (Phi) is 4.26. The van der Waals surface area contributed by atoms with Gasteiger partial charge in [0, 0.05) is 18.0 Å².